The number of hydrogen-bond acceptors (Lipinski definition) is 3. The molecule has 1 aromatic rings. The second kappa shape index (κ2) is 5.26. The van der Waals surface area contributed by atoms with E-state index in [0.29, 0.717) is 0 Å². The summed E-state index contributed by atoms with van der Waals surface area (Å²) in [7, 11) is 1.57. The minimum Gasteiger partial charge on any atom is -0.480 e. The molecule has 0 aliphatic heterocycles. The second-order valence-corrected chi connectivity index (χ2v) is 5.48. The fourth-order valence-corrected chi connectivity index (χ4v) is 1.55. The van der Waals surface area contributed by atoms with Crippen LogP contribution in [0.3, 0.4) is 0 Å². The van der Waals surface area contributed by atoms with E-state index in [1.165, 1.54) is 22.9 Å². The predicted octanol–water partition coefficient (Wildman–Crippen LogP) is 0.614. The van der Waals surface area contributed by atoms with Crippen molar-refractivity contribution in [2.45, 2.75) is 26.8 Å². The predicted molar refractivity (Wildman–Crippen MR) is 70.0 cm³/mol. The molecule has 1 atom stereocenters. The first kappa shape index (κ1) is 14.9. The molecule has 0 bridgehead atoms. The highest BCUT2D eigenvalue weighted by atomic mass is 16.4. The van der Waals surface area contributed by atoms with E-state index in [1.807, 2.05) is 0 Å². The van der Waals surface area contributed by atoms with Gasteiger partial charge >= 0.3 is 5.97 Å². The van der Waals surface area contributed by atoms with Crippen LogP contribution in [0.1, 0.15) is 31.1 Å². The first-order chi connectivity index (χ1) is 8.62. The van der Waals surface area contributed by atoms with Crippen LogP contribution in [0.25, 0.3) is 0 Å². The van der Waals surface area contributed by atoms with Gasteiger partial charge in [0.1, 0.15) is 6.04 Å². The zero-order chi connectivity index (χ0) is 14.8. The molecule has 0 spiro atoms. The summed E-state index contributed by atoms with van der Waals surface area (Å²) in [5.74, 6) is -1.68. The molecule has 6 heteroatoms. The Morgan fingerprint density at radius 2 is 1.95 bits per heavy atom. The van der Waals surface area contributed by atoms with Crippen molar-refractivity contribution in [3.05, 3.63) is 34.2 Å². The van der Waals surface area contributed by atoms with Crippen molar-refractivity contribution < 1.29 is 14.7 Å². The van der Waals surface area contributed by atoms with Crippen molar-refractivity contribution in [2.24, 2.45) is 12.5 Å². The average molecular weight is 266 g/mol. The lowest BCUT2D eigenvalue weighted by Crippen LogP contribution is -2.49. The molecule has 1 amide bonds. The first-order valence-corrected chi connectivity index (χ1v) is 5.83. The third kappa shape index (κ3) is 3.67. The van der Waals surface area contributed by atoms with Gasteiger partial charge in [0, 0.05) is 24.9 Å². The van der Waals surface area contributed by atoms with Gasteiger partial charge in [-0.05, 0) is 11.5 Å². The Kier molecular flexibility index (Phi) is 4.14. The topological polar surface area (TPSA) is 88.4 Å². The highest BCUT2D eigenvalue weighted by Crippen LogP contribution is 2.19. The third-order valence-corrected chi connectivity index (χ3v) is 2.75. The number of carboxylic acids is 1. The monoisotopic (exact) mass is 266 g/mol. The molecule has 0 aromatic carbocycles. The minimum absolute atomic E-state index is 0.151. The molecule has 1 unspecified atom stereocenters. The molecule has 0 radical (unpaired) electrons. The van der Waals surface area contributed by atoms with Crippen LogP contribution in [0.5, 0.6) is 0 Å². The molecular formula is C13H18N2O4. The number of carbonyl (C=O) groups excluding carboxylic acids is 1. The fraction of sp³-hybridized carbons (Fsp3) is 0.462. The molecule has 104 valence electrons. The zero-order valence-electron chi connectivity index (χ0n) is 11.4. The number of aromatic nitrogens is 1. The van der Waals surface area contributed by atoms with Gasteiger partial charge in [0.15, 0.2) is 0 Å². The molecule has 0 aliphatic carbocycles. The summed E-state index contributed by atoms with van der Waals surface area (Å²) in [4.78, 5) is 34.5. The average Bonchev–Trinajstić information content (AvgIpc) is 2.27. The van der Waals surface area contributed by atoms with Crippen molar-refractivity contribution in [3.8, 4) is 0 Å². The number of pyridine rings is 1. The van der Waals surface area contributed by atoms with E-state index in [2.05, 4.69) is 5.32 Å². The van der Waals surface area contributed by atoms with Crippen LogP contribution in [0.15, 0.2) is 23.1 Å². The Labute approximate surface area is 111 Å². The van der Waals surface area contributed by atoms with Crippen molar-refractivity contribution in [3.63, 3.8) is 0 Å². The highest BCUT2D eigenvalue weighted by Gasteiger charge is 2.32. The molecule has 1 rings (SSSR count). The fourth-order valence-electron chi connectivity index (χ4n) is 1.55. The number of amides is 1. The Morgan fingerprint density at radius 1 is 1.37 bits per heavy atom. The molecule has 0 saturated heterocycles. The van der Waals surface area contributed by atoms with Gasteiger partial charge in [0.2, 0.25) is 0 Å². The highest BCUT2D eigenvalue weighted by molar-refractivity contribution is 5.96. The van der Waals surface area contributed by atoms with Gasteiger partial charge in [0.05, 0.1) is 0 Å². The molecule has 2 N–H and O–H groups in total. The molecule has 0 aliphatic rings. The van der Waals surface area contributed by atoms with E-state index in [0.717, 1.165) is 0 Å². The van der Waals surface area contributed by atoms with Crippen molar-refractivity contribution in [1.29, 1.82) is 0 Å². The number of carboxylic acid groups (broad SMARTS) is 1. The Bertz CT molecular complexity index is 554. The number of aliphatic carboxylic acids is 1. The maximum Gasteiger partial charge on any atom is 0.326 e. The summed E-state index contributed by atoms with van der Waals surface area (Å²) in [6, 6.07) is 1.62. The van der Waals surface area contributed by atoms with Crippen LogP contribution >= 0.6 is 0 Å². The first-order valence-electron chi connectivity index (χ1n) is 5.83. The molecule has 1 heterocycles. The van der Waals surface area contributed by atoms with Gasteiger partial charge in [-0.15, -0.1) is 0 Å². The normalized spacial score (nSPS) is 12.8. The number of nitrogens with one attached hydrogen (secondary N) is 1. The van der Waals surface area contributed by atoms with Gasteiger partial charge < -0.3 is 15.0 Å². The number of aryl methyl sites for hydroxylation is 1. The Morgan fingerprint density at radius 3 is 2.37 bits per heavy atom. The summed E-state index contributed by atoms with van der Waals surface area (Å²) >= 11 is 0. The summed E-state index contributed by atoms with van der Waals surface area (Å²) in [6.07, 6.45) is 1.46. The van der Waals surface area contributed by atoms with Gasteiger partial charge in [-0.25, -0.2) is 4.79 Å². The van der Waals surface area contributed by atoms with Crippen molar-refractivity contribution in [1.82, 2.24) is 9.88 Å². The van der Waals surface area contributed by atoms with Crippen LogP contribution in [-0.4, -0.2) is 27.6 Å². The van der Waals surface area contributed by atoms with Crippen molar-refractivity contribution >= 4 is 11.9 Å². The Balaban J connectivity index is 2.98. The molecule has 0 fully saturated rings. The van der Waals surface area contributed by atoms with Crippen LogP contribution in [0.4, 0.5) is 0 Å². The summed E-state index contributed by atoms with van der Waals surface area (Å²) in [5.41, 5.74) is -0.796. The van der Waals surface area contributed by atoms with Crippen LogP contribution < -0.4 is 10.9 Å². The van der Waals surface area contributed by atoms with Gasteiger partial charge in [0.25, 0.3) is 11.5 Å². The third-order valence-electron chi connectivity index (χ3n) is 2.75. The SMILES string of the molecule is Cn1ccc(C(=O)NC(C(=O)O)C(C)(C)C)cc1=O. The molecule has 6 nitrogen and oxygen atoms in total. The zero-order valence-corrected chi connectivity index (χ0v) is 11.4. The van der Waals surface area contributed by atoms with E-state index in [9.17, 15) is 14.4 Å². The Hall–Kier alpha value is -2.11. The lowest BCUT2D eigenvalue weighted by Gasteiger charge is -2.27. The quantitative estimate of drug-likeness (QED) is 0.839. The summed E-state index contributed by atoms with van der Waals surface area (Å²) in [6.45, 7) is 5.16. The number of nitrogens with zero attached hydrogens (tertiary/aromatic N) is 1. The summed E-state index contributed by atoms with van der Waals surface area (Å²) < 4.78 is 1.33. The molecule has 1 aromatic heterocycles. The molecular weight excluding hydrogens is 248 g/mol. The number of rotatable bonds is 3. The lowest BCUT2D eigenvalue weighted by molar-refractivity contribution is -0.142. The van der Waals surface area contributed by atoms with Gasteiger partial charge in [-0.2, -0.15) is 0 Å². The smallest absolute Gasteiger partial charge is 0.326 e. The molecule has 19 heavy (non-hydrogen) atoms. The van der Waals surface area contributed by atoms with Gasteiger partial charge in [-0.3, -0.25) is 9.59 Å². The van der Waals surface area contributed by atoms with Gasteiger partial charge in [-0.1, -0.05) is 20.8 Å². The van der Waals surface area contributed by atoms with Crippen LogP contribution in [0.2, 0.25) is 0 Å². The standard InChI is InChI=1S/C13H18N2O4/c1-13(2,3)10(12(18)19)14-11(17)8-5-6-15(4)9(16)7-8/h5-7,10H,1-4H3,(H,14,17)(H,18,19). The van der Waals surface area contributed by atoms with Crippen LogP contribution in [-0.2, 0) is 11.8 Å². The lowest BCUT2D eigenvalue weighted by atomic mass is 9.86. The minimum atomic E-state index is -1.11. The summed E-state index contributed by atoms with van der Waals surface area (Å²) in [5, 5.41) is 11.6. The van der Waals surface area contributed by atoms with E-state index in [1.54, 1.807) is 27.8 Å². The molecule has 0 saturated carbocycles. The number of carbonyl (C=O) groups is 2. The van der Waals surface area contributed by atoms with E-state index in [4.69, 9.17) is 5.11 Å². The van der Waals surface area contributed by atoms with Crippen molar-refractivity contribution in [2.75, 3.05) is 0 Å². The van der Waals surface area contributed by atoms with E-state index >= 15 is 0 Å². The van der Waals surface area contributed by atoms with E-state index in [-0.39, 0.29) is 11.1 Å². The largest absolute Gasteiger partial charge is 0.480 e. The maximum atomic E-state index is 11.9. The number of hydrogen-bond donors (Lipinski definition) is 2. The second-order valence-electron chi connectivity index (χ2n) is 5.48. The van der Waals surface area contributed by atoms with Crippen LogP contribution in [0, 0.1) is 5.41 Å². The van der Waals surface area contributed by atoms with E-state index < -0.39 is 23.3 Å². The maximum absolute atomic E-state index is 11.9.